The normalized spacial score (nSPS) is 17.9. The zero-order valence-corrected chi connectivity index (χ0v) is 7.24. The van der Waals surface area contributed by atoms with E-state index in [1.165, 1.54) is 24.3 Å². The van der Waals surface area contributed by atoms with Crippen molar-refractivity contribution in [3.63, 3.8) is 0 Å². The van der Waals surface area contributed by atoms with Crippen molar-refractivity contribution in [2.75, 3.05) is 0 Å². The van der Waals surface area contributed by atoms with Crippen LogP contribution in [0.1, 0.15) is 5.56 Å². The Balaban J connectivity index is 2.45. The summed E-state index contributed by atoms with van der Waals surface area (Å²) in [5.74, 6) is -1.65. The fourth-order valence-electron chi connectivity index (χ4n) is 1.21. The Hall–Kier alpha value is -1.76. The van der Waals surface area contributed by atoms with Crippen LogP contribution in [0.25, 0.3) is 5.70 Å². The lowest BCUT2D eigenvalue weighted by atomic mass is 10.2. The van der Waals surface area contributed by atoms with E-state index >= 15 is 0 Å². The minimum atomic E-state index is -1.65. The molecule has 7 heteroatoms. The van der Waals surface area contributed by atoms with Crippen molar-refractivity contribution >= 4 is 5.70 Å². The van der Waals surface area contributed by atoms with Crippen LogP contribution >= 0.6 is 0 Å². The average Bonchev–Trinajstić information content (AvgIpc) is 2.45. The van der Waals surface area contributed by atoms with Crippen LogP contribution in [-0.2, 0) is 0 Å². The van der Waals surface area contributed by atoms with Gasteiger partial charge in [-0.05, 0) is 0 Å². The summed E-state index contributed by atoms with van der Waals surface area (Å²) >= 11 is 0. The molecule has 0 unspecified atom stereocenters. The number of hydrogen-bond acceptors (Lipinski definition) is 3. The molecular formula is C8H5F4N3. The third-order valence-corrected chi connectivity index (χ3v) is 1.88. The zero-order valence-electron chi connectivity index (χ0n) is 7.24. The second-order valence-electron chi connectivity index (χ2n) is 2.77. The first kappa shape index (κ1) is 9.78. The Morgan fingerprint density at radius 3 is 1.93 bits per heavy atom. The van der Waals surface area contributed by atoms with Gasteiger partial charge in [0, 0.05) is 5.56 Å². The molecule has 3 nitrogen and oxygen atoms in total. The van der Waals surface area contributed by atoms with E-state index in [-0.39, 0.29) is 5.56 Å². The van der Waals surface area contributed by atoms with Gasteiger partial charge in [-0.15, -0.1) is 0 Å². The van der Waals surface area contributed by atoms with Crippen molar-refractivity contribution in [1.82, 2.24) is 15.8 Å². The van der Waals surface area contributed by atoms with Crippen molar-refractivity contribution in [2.24, 2.45) is 0 Å². The first-order chi connectivity index (χ1) is 7.13. The highest BCUT2D eigenvalue weighted by Crippen LogP contribution is 2.36. The minimum Gasteiger partial charge on any atom is -0.180 e. The molecule has 80 valence electrons. The summed E-state index contributed by atoms with van der Waals surface area (Å²) in [5, 5.41) is -2.94. The zero-order chi connectivity index (χ0) is 11.0. The maximum atomic E-state index is 13.0. The summed E-state index contributed by atoms with van der Waals surface area (Å²) in [6.45, 7) is 0. The Kier molecular flexibility index (Phi) is 2.24. The van der Waals surface area contributed by atoms with Crippen LogP contribution in [0, 0.1) is 0 Å². The summed E-state index contributed by atoms with van der Waals surface area (Å²) in [4.78, 5) is 0. The van der Waals surface area contributed by atoms with E-state index in [1.54, 1.807) is 6.07 Å². The van der Waals surface area contributed by atoms with E-state index in [9.17, 15) is 17.8 Å². The summed E-state index contributed by atoms with van der Waals surface area (Å²) in [5.41, 5.74) is -0.791. The highest BCUT2D eigenvalue weighted by Gasteiger charge is 2.40. The molecule has 15 heavy (non-hydrogen) atoms. The van der Waals surface area contributed by atoms with Gasteiger partial charge in [-0.1, -0.05) is 54.2 Å². The lowest BCUT2D eigenvalue weighted by Gasteiger charge is -2.13. The van der Waals surface area contributed by atoms with Gasteiger partial charge in [0.15, 0.2) is 5.70 Å². The van der Waals surface area contributed by atoms with E-state index < -0.39 is 27.4 Å². The van der Waals surface area contributed by atoms with Crippen molar-refractivity contribution in [3.05, 3.63) is 41.8 Å². The van der Waals surface area contributed by atoms with Gasteiger partial charge in [-0.25, -0.2) is 0 Å². The lowest BCUT2D eigenvalue weighted by Crippen LogP contribution is -2.29. The molecule has 0 spiro atoms. The number of benzene rings is 1. The van der Waals surface area contributed by atoms with Gasteiger partial charge in [0.25, 0.3) is 5.95 Å². The van der Waals surface area contributed by atoms with E-state index in [2.05, 4.69) is 0 Å². The predicted molar refractivity (Wildman–Crippen MR) is 43.3 cm³/mol. The van der Waals surface area contributed by atoms with Gasteiger partial charge in [-0.3, -0.25) is 0 Å². The monoisotopic (exact) mass is 219 g/mol. The van der Waals surface area contributed by atoms with Crippen LogP contribution in [-0.4, -0.2) is 15.8 Å². The molecule has 0 radical (unpaired) electrons. The van der Waals surface area contributed by atoms with Crippen molar-refractivity contribution in [3.8, 4) is 0 Å². The first-order valence-corrected chi connectivity index (χ1v) is 3.95. The largest absolute Gasteiger partial charge is 0.268 e. The summed E-state index contributed by atoms with van der Waals surface area (Å²) in [6.07, 6.45) is 0. The van der Waals surface area contributed by atoms with Gasteiger partial charge in [-0.2, -0.15) is 4.39 Å². The number of nitrogens with zero attached hydrogens (tertiary/aromatic N) is 3. The van der Waals surface area contributed by atoms with Crippen LogP contribution in [0.5, 0.6) is 0 Å². The van der Waals surface area contributed by atoms with E-state index in [0.29, 0.717) is 0 Å². The molecule has 0 bridgehead atoms. The molecule has 0 N–H and O–H groups in total. The molecule has 0 saturated carbocycles. The average molecular weight is 219 g/mol. The molecule has 0 aliphatic carbocycles. The minimum absolute atomic E-state index is 0.0281. The van der Waals surface area contributed by atoms with Gasteiger partial charge in [0.2, 0.25) is 0 Å². The second kappa shape index (κ2) is 3.43. The summed E-state index contributed by atoms with van der Waals surface area (Å²) in [6, 6.07) is 7.25. The number of rotatable bonds is 1. The SMILES string of the molecule is FC1=C(c2ccccc2)N(F)N(F)N1F. The van der Waals surface area contributed by atoms with Crippen molar-refractivity contribution in [2.45, 2.75) is 0 Å². The van der Waals surface area contributed by atoms with Crippen LogP contribution in [0.4, 0.5) is 17.8 Å². The lowest BCUT2D eigenvalue weighted by molar-refractivity contribution is -0.370. The smallest absolute Gasteiger partial charge is 0.180 e. The highest BCUT2D eigenvalue weighted by atomic mass is 19.3. The van der Waals surface area contributed by atoms with Crippen molar-refractivity contribution in [1.29, 1.82) is 0 Å². The third kappa shape index (κ3) is 1.40. The van der Waals surface area contributed by atoms with Crippen LogP contribution in [0.15, 0.2) is 36.3 Å². The maximum Gasteiger partial charge on any atom is 0.268 e. The molecule has 0 amide bonds. The molecule has 0 atom stereocenters. The van der Waals surface area contributed by atoms with Gasteiger partial charge >= 0.3 is 0 Å². The molecule has 0 aromatic heterocycles. The van der Waals surface area contributed by atoms with Crippen LogP contribution < -0.4 is 0 Å². The van der Waals surface area contributed by atoms with Crippen LogP contribution in [0.2, 0.25) is 0 Å². The molecule has 1 aromatic rings. The molecule has 0 fully saturated rings. The first-order valence-electron chi connectivity index (χ1n) is 3.95. The summed E-state index contributed by atoms with van der Waals surface area (Å²) in [7, 11) is 0. The Bertz CT molecular complexity index is 394. The third-order valence-electron chi connectivity index (χ3n) is 1.88. The van der Waals surface area contributed by atoms with Gasteiger partial charge in [0.05, 0.1) is 0 Å². The van der Waals surface area contributed by atoms with Crippen LogP contribution in [0.3, 0.4) is 0 Å². The summed E-state index contributed by atoms with van der Waals surface area (Å²) < 4.78 is 51.1. The van der Waals surface area contributed by atoms with E-state index in [4.69, 9.17) is 0 Å². The standard InChI is InChI=1S/C8H5F4N3/c9-8-7(6-4-2-1-3-5-6)13(10)15(12)14(8)11/h1-5H. The topological polar surface area (TPSA) is 9.72 Å². The number of hydrazine groups is 2. The van der Waals surface area contributed by atoms with Crippen molar-refractivity contribution < 1.29 is 17.8 Å². The highest BCUT2D eigenvalue weighted by molar-refractivity contribution is 5.65. The quantitative estimate of drug-likeness (QED) is 0.408. The molecule has 1 aliphatic heterocycles. The maximum absolute atomic E-state index is 13.0. The second-order valence-corrected chi connectivity index (χ2v) is 2.77. The van der Waals surface area contributed by atoms with Gasteiger partial charge in [0.1, 0.15) is 5.34 Å². The van der Waals surface area contributed by atoms with E-state index in [0.717, 1.165) is 0 Å². The predicted octanol–water partition coefficient (Wildman–Crippen LogP) is 2.69. The Morgan fingerprint density at radius 2 is 1.47 bits per heavy atom. The fourth-order valence-corrected chi connectivity index (χ4v) is 1.21. The Labute approximate surface area is 82.2 Å². The van der Waals surface area contributed by atoms with E-state index in [1.807, 2.05) is 0 Å². The fraction of sp³-hybridized carbons (Fsp3) is 0. The molecule has 1 heterocycles. The molecule has 1 aromatic carbocycles. The Morgan fingerprint density at radius 1 is 0.867 bits per heavy atom. The molecular weight excluding hydrogens is 214 g/mol. The number of hydrogen-bond donors (Lipinski definition) is 0. The number of halogens is 4. The van der Waals surface area contributed by atoms with Gasteiger partial charge < -0.3 is 0 Å². The molecule has 1 aliphatic rings. The molecule has 0 saturated heterocycles. The molecule has 2 rings (SSSR count).